The minimum Gasteiger partial charge on any atom is -0.286 e. The Morgan fingerprint density at radius 1 is 1.21 bits per heavy atom. The molecule has 1 saturated heterocycles. The second-order valence-corrected chi connectivity index (χ2v) is 4.25. The van der Waals surface area contributed by atoms with E-state index in [1.54, 1.807) is 0 Å². The van der Waals surface area contributed by atoms with Gasteiger partial charge in [0.1, 0.15) is 0 Å². The molecular weight excluding hydrogens is 198 g/mol. The van der Waals surface area contributed by atoms with Crippen molar-refractivity contribution in [2.45, 2.75) is 11.7 Å². The van der Waals surface area contributed by atoms with E-state index in [9.17, 15) is 9.59 Å². The molecule has 0 spiro atoms. The zero-order valence-electron chi connectivity index (χ0n) is 7.40. The highest BCUT2D eigenvalue weighted by molar-refractivity contribution is 8.15. The minimum absolute atomic E-state index is 0.177. The lowest BCUT2D eigenvalue weighted by atomic mass is 10.1. The summed E-state index contributed by atoms with van der Waals surface area (Å²) in [6.07, 6.45) is 0.614. The van der Waals surface area contributed by atoms with Gasteiger partial charge in [0.2, 0.25) is 5.91 Å². The van der Waals surface area contributed by atoms with E-state index in [0.717, 1.165) is 17.3 Å². The van der Waals surface area contributed by atoms with Crippen LogP contribution < -0.4 is 5.32 Å². The van der Waals surface area contributed by atoms with Crippen LogP contribution in [-0.2, 0) is 11.2 Å². The molecule has 2 amide bonds. The van der Waals surface area contributed by atoms with Crippen LogP contribution in [-0.4, -0.2) is 16.4 Å². The number of carbonyl (C=O) groups is 2. The predicted octanol–water partition coefficient (Wildman–Crippen LogP) is 1.58. The maximum Gasteiger partial charge on any atom is 0.286 e. The van der Waals surface area contributed by atoms with E-state index in [4.69, 9.17) is 0 Å². The molecule has 0 radical (unpaired) electrons. The molecule has 1 N–H and O–H groups in total. The number of thioether (sulfide) groups is 1. The number of nitrogens with one attached hydrogen (secondary N) is 1. The summed E-state index contributed by atoms with van der Waals surface area (Å²) in [4.78, 5) is 22.1. The van der Waals surface area contributed by atoms with E-state index in [1.165, 1.54) is 0 Å². The van der Waals surface area contributed by atoms with Gasteiger partial charge in [-0.15, -0.1) is 0 Å². The lowest BCUT2D eigenvalue weighted by Gasteiger charge is -2.03. The van der Waals surface area contributed by atoms with Crippen molar-refractivity contribution < 1.29 is 9.59 Å². The van der Waals surface area contributed by atoms with Crippen molar-refractivity contribution in [3.63, 3.8) is 0 Å². The van der Waals surface area contributed by atoms with Crippen molar-refractivity contribution in [1.82, 2.24) is 5.32 Å². The van der Waals surface area contributed by atoms with Crippen LogP contribution in [0.25, 0.3) is 0 Å². The standard InChI is InChI=1S/C10H9NO2S/c12-9-8(14-10(13)11-9)6-7-4-2-1-3-5-7/h1-5,8H,6H2,(H,11,12,13)/t8-/m1/s1. The van der Waals surface area contributed by atoms with Crippen LogP contribution in [0.5, 0.6) is 0 Å². The molecular formula is C10H9NO2S. The summed E-state index contributed by atoms with van der Waals surface area (Å²) in [6.45, 7) is 0. The van der Waals surface area contributed by atoms with Crippen LogP contribution >= 0.6 is 11.8 Å². The SMILES string of the molecule is O=C1NC(=O)[C@@H](Cc2ccccc2)S1. The van der Waals surface area contributed by atoms with E-state index in [0.29, 0.717) is 6.42 Å². The number of imide groups is 1. The Labute approximate surface area is 85.9 Å². The Morgan fingerprint density at radius 3 is 2.50 bits per heavy atom. The topological polar surface area (TPSA) is 46.2 Å². The van der Waals surface area contributed by atoms with Gasteiger partial charge in [-0.25, -0.2) is 0 Å². The molecule has 1 heterocycles. The van der Waals surface area contributed by atoms with Crippen molar-refractivity contribution in [2.24, 2.45) is 0 Å². The molecule has 1 aromatic rings. The molecule has 4 heteroatoms. The van der Waals surface area contributed by atoms with Crippen molar-refractivity contribution in [3.8, 4) is 0 Å². The van der Waals surface area contributed by atoms with Gasteiger partial charge in [0.25, 0.3) is 5.24 Å². The van der Waals surface area contributed by atoms with Crippen LogP contribution in [0.1, 0.15) is 5.56 Å². The first-order valence-electron chi connectivity index (χ1n) is 4.31. The predicted molar refractivity (Wildman–Crippen MR) is 55.1 cm³/mol. The molecule has 14 heavy (non-hydrogen) atoms. The van der Waals surface area contributed by atoms with Crippen LogP contribution in [0.2, 0.25) is 0 Å². The maximum atomic E-state index is 11.2. The maximum absolute atomic E-state index is 11.2. The third-order valence-electron chi connectivity index (χ3n) is 2.03. The molecule has 72 valence electrons. The highest BCUT2D eigenvalue weighted by atomic mass is 32.2. The minimum atomic E-state index is -0.259. The number of amides is 2. The molecule has 0 aromatic heterocycles. The summed E-state index contributed by atoms with van der Waals surface area (Å²) in [5, 5.41) is 1.77. The number of hydrogen-bond acceptors (Lipinski definition) is 3. The summed E-state index contributed by atoms with van der Waals surface area (Å²) >= 11 is 1.07. The number of rotatable bonds is 2. The molecule has 1 fully saturated rings. The highest BCUT2D eigenvalue weighted by Gasteiger charge is 2.31. The monoisotopic (exact) mass is 207 g/mol. The second-order valence-electron chi connectivity index (χ2n) is 3.07. The Balaban J connectivity index is 2.05. The number of benzene rings is 1. The summed E-state index contributed by atoms with van der Waals surface area (Å²) in [6, 6.07) is 9.69. The zero-order chi connectivity index (χ0) is 9.97. The van der Waals surface area contributed by atoms with E-state index in [1.807, 2.05) is 30.3 Å². The molecule has 0 bridgehead atoms. The van der Waals surface area contributed by atoms with Gasteiger partial charge >= 0.3 is 0 Å². The quantitative estimate of drug-likeness (QED) is 0.800. The van der Waals surface area contributed by atoms with Gasteiger partial charge in [0.05, 0.1) is 5.25 Å². The molecule has 0 saturated carbocycles. The van der Waals surface area contributed by atoms with Crippen molar-refractivity contribution in [1.29, 1.82) is 0 Å². The Morgan fingerprint density at radius 2 is 1.93 bits per heavy atom. The molecule has 1 atom stereocenters. The average Bonchev–Trinajstić information content (AvgIpc) is 2.47. The van der Waals surface area contributed by atoms with Crippen LogP contribution in [0.4, 0.5) is 4.79 Å². The largest absolute Gasteiger partial charge is 0.286 e. The van der Waals surface area contributed by atoms with Gasteiger partial charge < -0.3 is 0 Å². The normalized spacial score (nSPS) is 21.0. The van der Waals surface area contributed by atoms with Crippen LogP contribution in [0.15, 0.2) is 30.3 Å². The smallest absolute Gasteiger partial charge is 0.286 e. The lowest BCUT2D eigenvalue weighted by molar-refractivity contribution is -0.118. The van der Waals surface area contributed by atoms with E-state index >= 15 is 0 Å². The Hall–Kier alpha value is -1.29. The Kier molecular flexibility index (Phi) is 2.54. The van der Waals surface area contributed by atoms with Crippen LogP contribution in [0.3, 0.4) is 0 Å². The lowest BCUT2D eigenvalue weighted by Crippen LogP contribution is -2.25. The summed E-state index contributed by atoms with van der Waals surface area (Å²) < 4.78 is 0. The number of hydrogen-bond donors (Lipinski definition) is 1. The third kappa shape index (κ3) is 1.96. The van der Waals surface area contributed by atoms with Crippen molar-refractivity contribution in [3.05, 3.63) is 35.9 Å². The molecule has 2 rings (SSSR count). The van der Waals surface area contributed by atoms with Gasteiger partial charge in [0, 0.05) is 0 Å². The van der Waals surface area contributed by atoms with Crippen molar-refractivity contribution in [2.75, 3.05) is 0 Å². The summed E-state index contributed by atoms with van der Waals surface area (Å²) in [5.41, 5.74) is 1.08. The molecule has 3 nitrogen and oxygen atoms in total. The first-order valence-corrected chi connectivity index (χ1v) is 5.19. The fraction of sp³-hybridized carbons (Fsp3) is 0.200. The van der Waals surface area contributed by atoms with Gasteiger partial charge in [-0.3, -0.25) is 14.9 Å². The molecule has 1 aliphatic heterocycles. The van der Waals surface area contributed by atoms with Gasteiger partial charge in [-0.2, -0.15) is 0 Å². The van der Waals surface area contributed by atoms with Gasteiger partial charge in [-0.1, -0.05) is 42.1 Å². The summed E-state index contributed by atoms with van der Waals surface area (Å²) in [7, 11) is 0. The first-order chi connectivity index (χ1) is 6.75. The van der Waals surface area contributed by atoms with E-state index in [2.05, 4.69) is 5.32 Å². The molecule has 0 aliphatic carbocycles. The highest BCUT2D eigenvalue weighted by Crippen LogP contribution is 2.22. The first kappa shape index (κ1) is 9.27. The van der Waals surface area contributed by atoms with Crippen LogP contribution in [0, 0.1) is 0 Å². The molecule has 0 unspecified atom stereocenters. The molecule has 1 aromatic carbocycles. The van der Waals surface area contributed by atoms with Gasteiger partial charge in [-0.05, 0) is 12.0 Å². The zero-order valence-corrected chi connectivity index (χ0v) is 8.21. The van der Waals surface area contributed by atoms with Crippen molar-refractivity contribution >= 4 is 22.9 Å². The molecule has 1 aliphatic rings. The third-order valence-corrected chi connectivity index (χ3v) is 3.01. The second kappa shape index (κ2) is 3.84. The fourth-order valence-electron chi connectivity index (χ4n) is 1.36. The summed E-state index contributed by atoms with van der Waals surface area (Å²) in [5.74, 6) is -0.177. The van der Waals surface area contributed by atoms with Gasteiger partial charge in [0.15, 0.2) is 0 Å². The Bertz CT molecular complexity index is 364. The van der Waals surface area contributed by atoms with E-state index < -0.39 is 0 Å². The average molecular weight is 207 g/mol. The van der Waals surface area contributed by atoms with E-state index in [-0.39, 0.29) is 16.4 Å². The fourth-order valence-corrected chi connectivity index (χ4v) is 2.22. The number of carbonyl (C=O) groups excluding carboxylic acids is 2.